The van der Waals surface area contributed by atoms with E-state index in [1.807, 2.05) is 35.9 Å². The Bertz CT molecular complexity index is 671. The molecule has 3 N–H and O–H groups in total. The fraction of sp³-hybridized carbons (Fsp3) is 0.500. The number of hydrogen-bond acceptors (Lipinski definition) is 4. The lowest BCUT2D eigenvalue weighted by molar-refractivity contribution is -0.124. The van der Waals surface area contributed by atoms with Crippen molar-refractivity contribution in [1.29, 1.82) is 0 Å². The van der Waals surface area contributed by atoms with E-state index in [9.17, 15) is 4.79 Å². The van der Waals surface area contributed by atoms with Gasteiger partial charge in [-0.3, -0.25) is 4.79 Å². The van der Waals surface area contributed by atoms with Crippen molar-refractivity contribution in [3.8, 4) is 0 Å². The topological polar surface area (TPSA) is 82.2 Å². The molecule has 6 nitrogen and oxygen atoms in total. The number of amides is 1. The number of nitrogens with one attached hydrogen (secondary N) is 1. The molecule has 3 rings (SSSR count). The zero-order valence-electron chi connectivity index (χ0n) is 13.6. The highest BCUT2D eigenvalue weighted by Gasteiger charge is 2.26. The average Bonchev–Trinajstić information content (AvgIpc) is 2.89. The van der Waals surface area contributed by atoms with Gasteiger partial charge in [0, 0.05) is 20.3 Å². The number of fused-ring (bicyclic) bond motifs is 1. The van der Waals surface area contributed by atoms with E-state index >= 15 is 0 Å². The van der Waals surface area contributed by atoms with E-state index in [0.717, 1.165) is 29.7 Å². The molecule has 1 aromatic heterocycles. The molecular formula is C16H24Cl2N4O2. The number of aryl methyl sites for hydroxylation is 1. The van der Waals surface area contributed by atoms with E-state index in [-0.39, 0.29) is 36.6 Å². The molecule has 24 heavy (non-hydrogen) atoms. The van der Waals surface area contributed by atoms with Gasteiger partial charge in [0.1, 0.15) is 5.82 Å². The van der Waals surface area contributed by atoms with Crippen molar-refractivity contribution < 1.29 is 9.53 Å². The highest BCUT2D eigenvalue weighted by molar-refractivity contribution is 5.85. The Kier molecular flexibility index (Phi) is 7.96. The van der Waals surface area contributed by atoms with Gasteiger partial charge in [-0.15, -0.1) is 24.8 Å². The summed E-state index contributed by atoms with van der Waals surface area (Å²) in [6.07, 6.45) is 1.70. The van der Waals surface area contributed by atoms with Gasteiger partial charge in [0.25, 0.3) is 0 Å². The number of carbonyl (C=O) groups is 1. The fourth-order valence-electron chi connectivity index (χ4n) is 2.93. The third-order valence-electron chi connectivity index (χ3n) is 4.38. The lowest BCUT2D eigenvalue weighted by Gasteiger charge is -2.26. The number of nitrogens with two attached hydrogens (primary N) is 1. The van der Waals surface area contributed by atoms with E-state index in [0.29, 0.717) is 19.8 Å². The molecule has 1 aliphatic heterocycles. The van der Waals surface area contributed by atoms with Crippen LogP contribution in [-0.4, -0.2) is 34.7 Å². The number of imidazole rings is 1. The maximum absolute atomic E-state index is 12.2. The zero-order chi connectivity index (χ0) is 15.5. The van der Waals surface area contributed by atoms with Gasteiger partial charge in [-0.1, -0.05) is 12.1 Å². The van der Waals surface area contributed by atoms with E-state index in [1.54, 1.807) is 0 Å². The summed E-state index contributed by atoms with van der Waals surface area (Å²) in [6.45, 7) is 1.77. The quantitative estimate of drug-likeness (QED) is 0.854. The van der Waals surface area contributed by atoms with Crippen LogP contribution in [0.2, 0.25) is 0 Å². The summed E-state index contributed by atoms with van der Waals surface area (Å²) in [5, 5.41) is 2.91. The van der Waals surface area contributed by atoms with Gasteiger partial charge >= 0.3 is 0 Å². The van der Waals surface area contributed by atoms with Crippen molar-refractivity contribution in [2.24, 2.45) is 18.7 Å². The molecule has 1 atom stereocenters. The van der Waals surface area contributed by atoms with Crippen molar-refractivity contribution in [3.05, 3.63) is 30.1 Å². The van der Waals surface area contributed by atoms with Gasteiger partial charge < -0.3 is 20.4 Å². The maximum atomic E-state index is 12.2. The second-order valence-corrected chi connectivity index (χ2v) is 5.77. The molecule has 1 aromatic carbocycles. The van der Waals surface area contributed by atoms with Crippen LogP contribution in [0.25, 0.3) is 11.0 Å². The van der Waals surface area contributed by atoms with Crippen molar-refractivity contribution in [3.63, 3.8) is 0 Å². The Morgan fingerprint density at radius 2 is 2.04 bits per heavy atom. The third-order valence-corrected chi connectivity index (χ3v) is 4.38. The maximum Gasteiger partial charge on any atom is 0.237 e. The Labute approximate surface area is 154 Å². The summed E-state index contributed by atoms with van der Waals surface area (Å²) in [6, 6.07) is 7.45. The minimum Gasteiger partial charge on any atom is -0.381 e. The molecule has 0 saturated carbocycles. The molecular weight excluding hydrogens is 351 g/mol. The predicted molar refractivity (Wildman–Crippen MR) is 98.6 cm³/mol. The second kappa shape index (κ2) is 9.22. The van der Waals surface area contributed by atoms with Gasteiger partial charge in [0.2, 0.25) is 5.91 Å². The number of halogens is 2. The molecule has 1 aliphatic rings. The minimum atomic E-state index is -0.474. The Hall–Kier alpha value is -1.34. The van der Waals surface area contributed by atoms with E-state index in [4.69, 9.17) is 10.5 Å². The summed E-state index contributed by atoms with van der Waals surface area (Å²) in [4.78, 5) is 16.8. The first-order valence-electron chi connectivity index (χ1n) is 7.68. The van der Waals surface area contributed by atoms with Gasteiger partial charge in [0.15, 0.2) is 0 Å². The van der Waals surface area contributed by atoms with Crippen molar-refractivity contribution >= 4 is 41.8 Å². The van der Waals surface area contributed by atoms with Crippen LogP contribution in [0.3, 0.4) is 0 Å². The van der Waals surface area contributed by atoms with Gasteiger partial charge in [0.05, 0.1) is 23.6 Å². The largest absolute Gasteiger partial charge is 0.381 e. The fourth-order valence-corrected chi connectivity index (χ4v) is 2.93. The number of carbonyl (C=O) groups excluding carboxylic acids is 1. The van der Waals surface area contributed by atoms with Crippen LogP contribution < -0.4 is 11.1 Å². The van der Waals surface area contributed by atoms with Crippen LogP contribution in [0.4, 0.5) is 0 Å². The molecule has 0 aliphatic carbocycles. The molecule has 0 bridgehead atoms. The van der Waals surface area contributed by atoms with Crippen molar-refractivity contribution in [2.45, 2.75) is 25.4 Å². The Morgan fingerprint density at radius 1 is 1.38 bits per heavy atom. The molecule has 1 amide bonds. The van der Waals surface area contributed by atoms with Crippen LogP contribution in [-0.2, 0) is 23.1 Å². The first-order valence-corrected chi connectivity index (χ1v) is 7.68. The number of aromatic nitrogens is 2. The lowest BCUT2D eigenvalue weighted by Crippen LogP contribution is -2.47. The van der Waals surface area contributed by atoms with Crippen LogP contribution in [0.15, 0.2) is 24.3 Å². The highest BCUT2D eigenvalue weighted by atomic mass is 35.5. The molecule has 1 unspecified atom stereocenters. The zero-order valence-corrected chi connectivity index (χ0v) is 15.2. The third kappa shape index (κ3) is 4.39. The summed E-state index contributed by atoms with van der Waals surface area (Å²) in [7, 11) is 1.95. The molecule has 1 saturated heterocycles. The second-order valence-electron chi connectivity index (χ2n) is 5.77. The number of para-hydroxylation sites is 2. The normalized spacial score (nSPS) is 16.1. The SMILES string of the molecule is Cl.Cl.Cn1c(CNC(=O)C(N)C2CCOCC2)nc2ccccc21. The molecule has 0 radical (unpaired) electrons. The minimum absolute atomic E-state index is 0. The van der Waals surface area contributed by atoms with Gasteiger partial charge in [-0.05, 0) is 30.9 Å². The Morgan fingerprint density at radius 3 is 2.71 bits per heavy atom. The molecule has 2 heterocycles. The monoisotopic (exact) mass is 374 g/mol. The van der Waals surface area contributed by atoms with E-state index < -0.39 is 6.04 Å². The van der Waals surface area contributed by atoms with Crippen molar-refractivity contribution in [2.75, 3.05) is 13.2 Å². The first-order chi connectivity index (χ1) is 10.7. The number of nitrogens with zero attached hydrogens (tertiary/aromatic N) is 2. The van der Waals surface area contributed by atoms with Gasteiger partial charge in [-0.25, -0.2) is 4.98 Å². The molecule has 2 aromatic rings. The number of hydrogen-bond donors (Lipinski definition) is 2. The van der Waals surface area contributed by atoms with Crippen LogP contribution in [0.1, 0.15) is 18.7 Å². The smallest absolute Gasteiger partial charge is 0.237 e. The first kappa shape index (κ1) is 20.7. The average molecular weight is 375 g/mol. The van der Waals surface area contributed by atoms with Crippen LogP contribution >= 0.6 is 24.8 Å². The van der Waals surface area contributed by atoms with Crippen molar-refractivity contribution in [1.82, 2.24) is 14.9 Å². The van der Waals surface area contributed by atoms with E-state index in [1.165, 1.54) is 0 Å². The Balaban J connectivity index is 0.00000144. The molecule has 0 spiro atoms. The molecule has 8 heteroatoms. The highest BCUT2D eigenvalue weighted by Crippen LogP contribution is 2.18. The summed E-state index contributed by atoms with van der Waals surface area (Å²) < 4.78 is 7.30. The number of benzene rings is 1. The molecule has 1 fully saturated rings. The molecule has 134 valence electrons. The van der Waals surface area contributed by atoms with Gasteiger partial charge in [-0.2, -0.15) is 0 Å². The predicted octanol–water partition coefficient (Wildman–Crippen LogP) is 1.79. The standard InChI is InChI=1S/C16H22N4O2.2ClH/c1-20-13-5-3-2-4-12(13)19-14(20)10-18-16(21)15(17)11-6-8-22-9-7-11;;/h2-5,11,15H,6-10,17H2,1H3,(H,18,21);2*1H. The summed E-state index contributed by atoms with van der Waals surface area (Å²) in [5.41, 5.74) is 8.06. The van der Waals surface area contributed by atoms with Crippen LogP contribution in [0.5, 0.6) is 0 Å². The number of rotatable bonds is 4. The van der Waals surface area contributed by atoms with Crippen LogP contribution in [0, 0.1) is 5.92 Å². The van der Waals surface area contributed by atoms with E-state index in [2.05, 4.69) is 10.3 Å². The summed E-state index contributed by atoms with van der Waals surface area (Å²) in [5.74, 6) is 0.918. The number of ether oxygens (including phenoxy) is 1. The lowest BCUT2D eigenvalue weighted by atomic mass is 9.92. The summed E-state index contributed by atoms with van der Waals surface area (Å²) >= 11 is 0.